The van der Waals surface area contributed by atoms with Gasteiger partial charge in [-0.1, -0.05) is 96.8 Å². The van der Waals surface area contributed by atoms with E-state index in [0.717, 1.165) is 24.2 Å². The molecule has 0 aliphatic carbocycles. The average molecular weight is 544 g/mol. The second-order valence-corrected chi connectivity index (χ2v) is 10.5. The molecule has 38 heavy (non-hydrogen) atoms. The lowest BCUT2D eigenvalue weighted by Gasteiger charge is -2.24. The van der Waals surface area contributed by atoms with E-state index in [1.807, 2.05) is 0 Å². The van der Waals surface area contributed by atoms with E-state index in [0.29, 0.717) is 37.5 Å². The van der Waals surface area contributed by atoms with Gasteiger partial charge in [0.15, 0.2) is 0 Å². The minimum atomic E-state index is -4.80. The van der Waals surface area contributed by atoms with E-state index in [-0.39, 0.29) is 13.2 Å². The predicted molar refractivity (Wildman–Crippen MR) is 141 cm³/mol. The fourth-order valence-electron chi connectivity index (χ4n) is 5.09. The number of esters is 1. The maximum Gasteiger partial charge on any atom is 0.417 e. The lowest BCUT2D eigenvalue weighted by molar-refractivity contribution is -0.148. The highest BCUT2D eigenvalue weighted by molar-refractivity contribution is 5.98. The molecule has 216 valence electrons. The van der Waals surface area contributed by atoms with Crippen LogP contribution in [0.15, 0.2) is 18.2 Å². The van der Waals surface area contributed by atoms with Crippen molar-refractivity contribution in [3.63, 3.8) is 0 Å². The molecule has 0 spiro atoms. The quantitative estimate of drug-likeness (QED) is 0.106. The molecule has 1 unspecified atom stereocenters. The van der Waals surface area contributed by atoms with Gasteiger partial charge in [0.25, 0.3) is 5.91 Å². The highest BCUT2D eigenvalue weighted by Crippen LogP contribution is 2.34. The topological polar surface area (TPSA) is 46.6 Å². The van der Waals surface area contributed by atoms with E-state index in [1.54, 1.807) is 0 Å². The van der Waals surface area contributed by atoms with Gasteiger partial charge in [-0.3, -0.25) is 4.79 Å². The third kappa shape index (κ3) is 11.3. The van der Waals surface area contributed by atoms with Crippen molar-refractivity contribution in [3.05, 3.63) is 35.1 Å². The second-order valence-electron chi connectivity index (χ2n) is 10.5. The molecule has 1 aromatic carbocycles. The molecule has 1 atom stereocenters. The standard InChI is InChI=1S/C30H45F4NO3/c1-2-3-4-5-6-7-8-9-10-11-12-13-14-15-16-22-38-29(37)27-18-17-21-35(27)28(36)25-23-24(31)19-20-26(25)30(32,33)34/h19-20,23,27H,2-18,21-22H2,1H3. The van der Waals surface area contributed by atoms with Crippen molar-refractivity contribution in [3.8, 4) is 0 Å². The molecule has 0 bridgehead atoms. The van der Waals surface area contributed by atoms with Crippen LogP contribution in [0.2, 0.25) is 0 Å². The first-order chi connectivity index (χ1) is 18.3. The summed E-state index contributed by atoms with van der Waals surface area (Å²) in [5.74, 6) is -2.54. The van der Waals surface area contributed by atoms with Gasteiger partial charge in [-0.15, -0.1) is 0 Å². The number of carbonyl (C=O) groups is 2. The number of halogens is 4. The van der Waals surface area contributed by atoms with Gasteiger partial charge in [0.2, 0.25) is 0 Å². The number of amides is 1. The first-order valence-electron chi connectivity index (χ1n) is 14.6. The van der Waals surface area contributed by atoms with Gasteiger partial charge in [0.1, 0.15) is 11.9 Å². The molecule has 1 fully saturated rings. The molecule has 0 N–H and O–H groups in total. The Bertz CT molecular complexity index is 843. The van der Waals surface area contributed by atoms with Crippen molar-refractivity contribution in [2.24, 2.45) is 0 Å². The smallest absolute Gasteiger partial charge is 0.417 e. The van der Waals surface area contributed by atoms with Gasteiger partial charge in [-0.05, 0) is 37.5 Å². The van der Waals surface area contributed by atoms with E-state index in [9.17, 15) is 27.2 Å². The third-order valence-corrected chi connectivity index (χ3v) is 7.30. The van der Waals surface area contributed by atoms with Crippen molar-refractivity contribution in [2.45, 2.75) is 128 Å². The van der Waals surface area contributed by atoms with Crippen molar-refractivity contribution in [2.75, 3.05) is 13.2 Å². The van der Waals surface area contributed by atoms with E-state index < -0.39 is 41.0 Å². The van der Waals surface area contributed by atoms with Gasteiger partial charge in [-0.2, -0.15) is 13.2 Å². The molecule has 0 radical (unpaired) electrons. The molecule has 1 amide bonds. The molecule has 0 aromatic heterocycles. The molecule has 1 aliphatic heterocycles. The van der Waals surface area contributed by atoms with Gasteiger partial charge in [0.05, 0.1) is 17.7 Å². The van der Waals surface area contributed by atoms with E-state index in [1.165, 1.54) is 70.6 Å². The number of benzene rings is 1. The van der Waals surface area contributed by atoms with Crippen molar-refractivity contribution in [1.82, 2.24) is 4.90 Å². The monoisotopic (exact) mass is 543 g/mol. The first kappa shape index (κ1) is 32.1. The Morgan fingerprint density at radius 1 is 0.868 bits per heavy atom. The lowest BCUT2D eigenvalue weighted by Crippen LogP contribution is -2.42. The number of ether oxygens (including phenoxy) is 1. The SMILES string of the molecule is CCCCCCCCCCCCCCCCCOC(=O)C1CCCN1C(=O)c1cc(F)ccc1C(F)(F)F. The summed E-state index contributed by atoms with van der Waals surface area (Å²) in [5.41, 5.74) is -1.99. The fraction of sp³-hybridized carbons (Fsp3) is 0.733. The van der Waals surface area contributed by atoms with Crippen LogP contribution in [0, 0.1) is 5.82 Å². The maximum atomic E-state index is 13.7. The molecule has 0 saturated carbocycles. The molecule has 1 heterocycles. The Balaban J connectivity index is 1.60. The summed E-state index contributed by atoms with van der Waals surface area (Å²) in [4.78, 5) is 26.5. The number of nitrogens with zero attached hydrogens (tertiary/aromatic N) is 1. The molecule has 1 saturated heterocycles. The summed E-state index contributed by atoms with van der Waals surface area (Å²) >= 11 is 0. The van der Waals surface area contributed by atoms with Crippen LogP contribution in [0.3, 0.4) is 0 Å². The van der Waals surface area contributed by atoms with Gasteiger partial charge in [0, 0.05) is 6.54 Å². The van der Waals surface area contributed by atoms with Crippen LogP contribution in [-0.4, -0.2) is 36.0 Å². The number of hydrogen-bond donors (Lipinski definition) is 0. The van der Waals surface area contributed by atoms with Crippen LogP contribution in [0.5, 0.6) is 0 Å². The van der Waals surface area contributed by atoms with Crippen molar-refractivity contribution >= 4 is 11.9 Å². The van der Waals surface area contributed by atoms with Crippen LogP contribution in [0.1, 0.15) is 132 Å². The number of carbonyl (C=O) groups excluding carboxylic acids is 2. The normalized spacial score (nSPS) is 15.7. The Hall–Kier alpha value is -2.12. The number of alkyl halides is 3. The van der Waals surface area contributed by atoms with Crippen LogP contribution in [0.4, 0.5) is 17.6 Å². The van der Waals surface area contributed by atoms with E-state index >= 15 is 0 Å². The Morgan fingerprint density at radius 2 is 1.39 bits per heavy atom. The molecule has 4 nitrogen and oxygen atoms in total. The highest BCUT2D eigenvalue weighted by Gasteiger charge is 2.40. The van der Waals surface area contributed by atoms with E-state index in [4.69, 9.17) is 4.74 Å². The molecule has 2 rings (SSSR count). The number of unbranched alkanes of at least 4 members (excludes halogenated alkanes) is 14. The van der Waals surface area contributed by atoms with Gasteiger partial charge >= 0.3 is 12.1 Å². The van der Waals surface area contributed by atoms with Crippen LogP contribution < -0.4 is 0 Å². The Morgan fingerprint density at radius 3 is 1.92 bits per heavy atom. The molecule has 8 heteroatoms. The Kier molecular flexibility index (Phi) is 14.8. The van der Waals surface area contributed by atoms with Gasteiger partial charge < -0.3 is 9.64 Å². The summed E-state index contributed by atoms with van der Waals surface area (Å²) in [6.45, 7) is 2.60. The minimum absolute atomic E-state index is 0.130. The zero-order valence-corrected chi connectivity index (χ0v) is 22.9. The molecule has 1 aliphatic rings. The number of rotatable bonds is 18. The lowest BCUT2D eigenvalue weighted by atomic mass is 10.0. The zero-order chi connectivity index (χ0) is 27.8. The summed E-state index contributed by atoms with van der Waals surface area (Å²) in [5, 5.41) is 0. The van der Waals surface area contributed by atoms with Crippen LogP contribution >= 0.6 is 0 Å². The van der Waals surface area contributed by atoms with Crippen LogP contribution in [-0.2, 0) is 15.7 Å². The minimum Gasteiger partial charge on any atom is -0.464 e. The maximum absolute atomic E-state index is 13.7. The number of hydrogen-bond acceptors (Lipinski definition) is 3. The average Bonchev–Trinajstić information content (AvgIpc) is 3.37. The van der Waals surface area contributed by atoms with Crippen LogP contribution in [0.25, 0.3) is 0 Å². The van der Waals surface area contributed by atoms with Crippen molar-refractivity contribution in [1.29, 1.82) is 0 Å². The van der Waals surface area contributed by atoms with E-state index in [2.05, 4.69) is 6.92 Å². The number of likely N-dealkylation sites (tertiary alicyclic amines) is 1. The predicted octanol–water partition coefficient (Wildman–Crippen LogP) is 8.86. The van der Waals surface area contributed by atoms with Crippen molar-refractivity contribution < 1.29 is 31.9 Å². The largest absolute Gasteiger partial charge is 0.464 e. The molecular weight excluding hydrogens is 498 g/mol. The zero-order valence-electron chi connectivity index (χ0n) is 22.9. The Labute approximate surface area is 225 Å². The fourth-order valence-corrected chi connectivity index (χ4v) is 5.09. The summed E-state index contributed by atoms with van der Waals surface area (Å²) in [7, 11) is 0. The highest BCUT2D eigenvalue weighted by atomic mass is 19.4. The summed E-state index contributed by atoms with van der Waals surface area (Å²) < 4.78 is 59.0. The second kappa shape index (κ2) is 17.5. The molecule has 1 aromatic rings. The third-order valence-electron chi connectivity index (χ3n) is 7.30. The summed E-state index contributed by atoms with van der Waals surface area (Å²) in [6, 6.07) is 0.875. The first-order valence-corrected chi connectivity index (χ1v) is 14.6. The molecular formula is C30H45F4NO3. The van der Waals surface area contributed by atoms with Gasteiger partial charge in [-0.25, -0.2) is 9.18 Å². The summed E-state index contributed by atoms with van der Waals surface area (Å²) in [6.07, 6.45) is 14.4.